The first-order chi connectivity index (χ1) is 19.3. The monoisotopic (exact) mass is 553 g/mol. The summed E-state index contributed by atoms with van der Waals surface area (Å²) >= 11 is 1.64. The summed E-state index contributed by atoms with van der Waals surface area (Å²) in [6.45, 7) is 6.01. The van der Waals surface area contributed by atoms with Gasteiger partial charge in [0.2, 0.25) is 5.91 Å². The van der Waals surface area contributed by atoms with Crippen molar-refractivity contribution in [3.05, 3.63) is 82.9 Å². The first-order valence-corrected chi connectivity index (χ1v) is 14.0. The minimum absolute atomic E-state index is 0.0481. The first kappa shape index (κ1) is 26.0. The molecule has 0 bridgehead atoms. The third-order valence-corrected chi connectivity index (χ3v) is 8.02. The van der Waals surface area contributed by atoms with Crippen molar-refractivity contribution in [2.45, 2.75) is 26.8 Å². The summed E-state index contributed by atoms with van der Waals surface area (Å²) in [7, 11) is 3.97. The van der Waals surface area contributed by atoms with Gasteiger partial charge in [0, 0.05) is 48.2 Å². The lowest BCUT2D eigenvalue weighted by Crippen LogP contribution is -2.34. The molecule has 5 heterocycles. The number of thiophene rings is 1. The largest absolute Gasteiger partial charge is 0.457 e. The first-order valence-electron chi connectivity index (χ1n) is 13.2. The van der Waals surface area contributed by atoms with E-state index in [1.165, 1.54) is 10.4 Å². The highest BCUT2D eigenvalue weighted by Crippen LogP contribution is 2.38. The van der Waals surface area contributed by atoms with Gasteiger partial charge in [-0.15, -0.1) is 11.3 Å². The molecule has 0 fully saturated rings. The molecule has 1 amide bonds. The Bertz CT molecular complexity index is 1750. The van der Waals surface area contributed by atoms with E-state index < -0.39 is 0 Å². The van der Waals surface area contributed by atoms with E-state index in [4.69, 9.17) is 4.74 Å². The Morgan fingerprint density at radius 3 is 2.90 bits per heavy atom. The fraction of sp³-hybridized carbons (Fsp3) is 0.267. The Morgan fingerprint density at radius 2 is 2.08 bits per heavy atom. The molecule has 1 aliphatic rings. The number of likely N-dealkylation sites (N-methyl/N-ethyl adjacent to an activating group) is 1. The summed E-state index contributed by atoms with van der Waals surface area (Å²) in [6.07, 6.45) is 9.90. The minimum atomic E-state index is 0.0481. The highest BCUT2D eigenvalue weighted by molar-refractivity contribution is 7.19. The molecule has 9 nitrogen and oxygen atoms in total. The van der Waals surface area contributed by atoms with Gasteiger partial charge in [0.1, 0.15) is 34.1 Å². The molecule has 4 aromatic heterocycles. The Hall–Kier alpha value is -4.28. The molecule has 6 rings (SSSR count). The lowest BCUT2D eigenvalue weighted by Gasteiger charge is -2.26. The number of nitrogens with one attached hydrogen (secondary N) is 1. The predicted molar refractivity (Wildman–Crippen MR) is 159 cm³/mol. The number of ether oxygens (including phenoxy) is 1. The number of carbonyl (C=O) groups is 1. The van der Waals surface area contributed by atoms with Crippen molar-refractivity contribution in [1.82, 2.24) is 29.2 Å². The van der Waals surface area contributed by atoms with Gasteiger partial charge in [-0.25, -0.2) is 15.0 Å². The number of amides is 1. The lowest BCUT2D eigenvalue weighted by molar-refractivity contribution is -0.126. The van der Waals surface area contributed by atoms with Gasteiger partial charge in [-0.05, 0) is 69.8 Å². The Morgan fingerprint density at radius 1 is 1.20 bits per heavy atom. The van der Waals surface area contributed by atoms with Gasteiger partial charge in [0.05, 0.1) is 17.6 Å². The second kappa shape index (κ2) is 10.7. The Labute approximate surface area is 236 Å². The van der Waals surface area contributed by atoms with Crippen LogP contribution in [-0.4, -0.2) is 62.2 Å². The average Bonchev–Trinajstić information content (AvgIpc) is 3.49. The summed E-state index contributed by atoms with van der Waals surface area (Å²) in [5.74, 6) is 2.35. The van der Waals surface area contributed by atoms with Crippen molar-refractivity contribution in [2.75, 3.05) is 32.5 Å². The fourth-order valence-electron chi connectivity index (χ4n) is 4.94. The van der Waals surface area contributed by atoms with Crippen molar-refractivity contribution in [1.29, 1.82) is 0 Å². The molecule has 0 radical (unpaired) electrons. The number of benzene rings is 1. The SMILES string of the molecule is Cc1cn2ccc(Oc3ccc(Nc4ncnc5sc6c(c45)CCN(C(=O)/C=C/CN(C)C)C6)cc3C)cc2n1. The standard InChI is InChI=1S/C30H31N7O2S/c1-19-14-21(7-8-24(19)39-22-9-12-36-16-20(2)33-26(36)15-22)34-29-28-23-10-13-37(27(38)6-5-11-35(3)4)17-25(23)40-30(28)32-18-31-29/h5-9,12,14-16,18H,10-11,13,17H2,1-4H3,(H,31,32,34)/b6-5+. The zero-order valence-corrected chi connectivity index (χ0v) is 23.8. The van der Waals surface area contributed by atoms with E-state index in [0.29, 0.717) is 13.1 Å². The second-order valence-electron chi connectivity index (χ2n) is 10.3. The van der Waals surface area contributed by atoms with Gasteiger partial charge in [0.25, 0.3) is 0 Å². The number of imidazole rings is 1. The molecule has 0 atom stereocenters. The van der Waals surface area contributed by atoms with Crippen molar-refractivity contribution in [3.63, 3.8) is 0 Å². The highest BCUT2D eigenvalue weighted by Gasteiger charge is 2.25. The molecule has 0 unspecified atom stereocenters. The Balaban J connectivity index is 1.20. The lowest BCUT2D eigenvalue weighted by atomic mass is 10.0. The molecule has 0 aliphatic carbocycles. The van der Waals surface area contributed by atoms with Gasteiger partial charge in [-0.2, -0.15) is 0 Å². The molecule has 0 saturated carbocycles. The summed E-state index contributed by atoms with van der Waals surface area (Å²) in [5.41, 5.74) is 4.96. The van der Waals surface area contributed by atoms with Crippen LogP contribution >= 0.6 is 11.3 Å². The third-order valence-electron chi connectivity index (χ3n) is 6.90. The van der Waals surface area contributed by atoms with E-state index >= 15 is 0 Å². The number of nitrogens with zero attached hydrogens (tertiary/aromatic N) is 6. The van der Waals surface area contributed by atoms with Crippen molar-refractivity contribution < 1.29 is 9.53 Å². The molecule has 204 valence electrons. The van der Waals surface area contributed by atoms with Crippen LogP contribution in [0.3, 0.4) is 0 Å². The minimum Gasteiger partial charge on any atom is -0.457 e. The maximum absolute atomic E-state index is 12.7. The van der Waals surface area contributed by atoms with E-state index in [9.17, 15) is 4.79 Å². The molecule has 0 spiro atoms. The molecule has 1 aliphatic heterocycles. The summed E-state index contributed by atoms with van der Waals surface area (Å²) in [4.78, 5) is 32.4. The van der Waals surface area contributed by atoms with Crippen LogP contribution in [0.4, 0.5) is 11.5 Å². The van der Waals surface area contributed by atoms with Crippen molar-refractivity contribution >= 4 is 44.6 Å². The van der Waals surface area contributed by atoms with Crippen LogP contribution in [0.2, 0.25) is 0 Å². The molecular weight excluding hydrogens is 522 g/mol. The number of hydrogen-bond donors (Lipinski definition) is 1. The van der Waals surface area contributed by atoms with Crippen LogP contribution in [0, 0.1) is 13.8 Å². The smallest absolute Gasteiger partial charge is 0.246 e. The van der Waals surface area contributed by atoms with E-state index in [-0.39, 0.29) is 5.91 Å². The predicted octanol–water partition coefficient (Wildman–Crippen LogP) is 5.49. The van der Waals surface area contributed by atoms with Gasteiger partial charge in [-0.3, -0.25) is 4.79 Å². The maximum Gasteiger partial charge on any atom is 0.246 e. The maximum atomic E-state index is 12.7. The molecule has 5 aromatic rings. The van der Waals surface area contributed by atoms with Crippen LogP contribution in [-0.2, 0) is 17.8 Å². The van der Waals surface area contributed by atoms with E-state index in [1.54, 1.807) is 23.7 Å². The van der Waals surface area contributed by atoms with Gasteiger partial charge < -0.3 is 24.3 Å². The third kappa shape index (κ3) is 5.28. The molecule has 40 heavy (non-hydrogen) atoms. The van der Waals surface area contributed by atoms with Crippen LogP contribution in [0.15, 0.2) is 61.2 Å². The Kier molecular flexibility index (Phi) is 6.95. The number of aryl methyl sites for hydroxylation is 2. The zero-order valence-electron chi connectivity index (χ0n) is 23.0. The summed E-state index contributed by atoms with van der Waals surface area (Å²) in [5, 5.41) is 4.55. The van der Waals surface area contributed by atoms with Gasteiger partial charge >= 0.3 is 0 Å². The van der Waals surface area contributed by atoms with Crippen molar-refractivity contribution in [2.24, 2.45) is 0 Å². The molecule has 0 saturated heterocycles. The van der Waals surface area contributed by atoms with Crippen molar-refractivity contribution in [3.8, 4) is 11.5 Å². The van der Waals surface area contributed by atoms with E-state index in [2.05, 4.69) is 26.3 Å². The highest BCUT2D eigenvalue weighted by atomic mass is 32.1. The molecule has 1 N–H and O–H groups in total. The average molecular weight is 554 g/mol. The molecule has 10 heteroatoms. The summed E-state index contributed by atoms with van der Waals surface area (Å²) in [6, 6.07) is 9.89. The summed E-state index contributed by atoms with van der Waals surface area (Å²) < 4.78 is 8.16. The number of pyridine rings is 1. The number of anilines is 2. The van der Waals surface area contributed by atoms with Gasteiger partial charge in [0.15, 0.2) is 0 Å². The number of rotatable bonds is 7. The topological polar surface area (TPSA) is 87.9 Å². The number of hydrogen-bond acceptors (Lipinski definition) is 8. The van der Waals surface area contributed by atoms with E-state index in [1.807, 2.05) is 84.9 Å². The van der Waals surface area contributed by atoms with Gasteiger partial charge in [-0.1, -0.05) is 6.08 Å². The van der Waals surface area contributed by atoms with Crippen LogP contribution in [0.25, 0.3) is 15.9 Å². The quantitative estimate of drug-likeness (QED) is 0.267. The normalized spacial score (nSPS) is 13.5. The molecular formula is C30H31N7O2S. The molecule has 1 aromatic carbocycles. The second-order valence-corrected chi connectivity index (χ2v) is 11.4. The number of aromatic nitrogens is 4. The van der Waals surface area contributed by atoms with E-state index in [0.717, 1.165) is 63.1 Å². The number of carbonyl (C=O) groups excluding carboxylic acids is 1. The van der Waals surface area contributed by atoms with Crippen LogP contribution in [0.5, 0.6) is 11.5 Å². The van der Waals surface area contributed by atoms with Crippen LogP contribution < -0.4 is 10.1 Å². The zero-order chi connectivity index (χ0) is 27.8. The van der Waals surface area contributed by atoms with Crippen LogP contribution in [0.1, 0.15) is 21.7 Å². The number of fused-ring (bicyclic) bond motifs is 4. The fourth-order valence-corrected chi connectivity index (χ4v) is 6.14.